The fourth-order valence-electron chi connectivity index (χ4n) is 1.39. The van der Waals surface area contributed by atoms with Gasteiger partial charge in [-0.2, -0.15) is 13.2 Å². The largest absolute Gasteiger partial charge is 0.457 e. The van der Waals surface area contributed by atoms with E-state index < -0.39 is 18.4 Å². The van der Waals surface area contributed by atoms with E-state index in [9.17, 15) is 18.3 Å². The molecule has 1 N–H and O–H groups in total. The van der Waals surface area contributed by atoms with Crippen LogP contribution in [-0.2, 0) is 9.47 Å². The summed E-state index contributed by atoms with van der Waals surface area (Å²) in [6, 6.07) is 8.35. The van der Waals surface area contributed by atoms with E-state index in [-0.39, 0.29) is 6.79 Å². The lowest BCUT2D eigenvalue weighted by molar-refractivity contribution is -0.103. The van der Waals surface area contributed by atoms with Gasteiger partial charge >= 0.3 is 6.18 Å². The number of ether oxygens (including phenoxy) is 2. The number of benzene rings is 1. The van der Waals surface area contributed by atoms with Gasteiger partial charge in [0.1, 0.15) is 19.0 Å². The predicted molar refractivity (Wildman–Crippen MR) is 62.0 cm³/mol. The highest BCUT2D eigenvalue weighted by Crippen LogP contribution is 2.21. The third-order valence-electron chi connectivity index (χ3n) is 2.14. The minimum Gasteiger partial charge on any atom is -0.377 e. The first-order valence-electron chi connectivity index (χ1n) is 5.37. The van der Waals surface area contributed by atoms with E-state index >= 15 is 0 Å². The zero-order chi connectivity index (χ0) is 14.3. The fraction of sp³-hybridized carbons (Fsp3) is 0.385. The molecule has 2 atom stereocenters. The van der Waals surface area contributed by atoms with Gasteiger partial charge in [0.15, 0.2) is 0 Å². The minimum absolute atomic E-state index is 0.162. The van der Waals surface area contributed by atoms with Crippen molar-refractivity contribution in [3.63, 3.8) is 0 Å². The molecule has 1 aromatic carbocycles. The second kappa shape index (κ2) is 7.14. The number of hydrogen-bond acceptors (Lipinski definition) is 3. The van der Waals surface area contributed by atoms with Crippen molar-refractivity contribution in [1.82, 2.24) is 0 Å². The molecule has 1 aromatic rings. The van der Waals surface area contributed by atoms with Gasteiger partial charge in [-0.25, -0.2) is 0 Å². The molecule has 0 fully saturated rings. The Kier molecular flexibility index (Phi) is 5.83. The summed E-state index contributed by atoms with van der Waals surface area (Å²) in [5, 5.41) is 9.70. The highest BCUT2D eigenvalue weighted by molar-refractivity contribution is 5.23. The van der Waals surface area contributed by atoms with Crippen molar-refractivity contribution >= 4 is 0 Å². The van der Waals surface area contributed by atoms with Crippen molar-refractivity contribution in [2.45, 2.75) is 18.4 Å². The number of rotatable bonds is 5. The first kappa shape index (κ1) is 15.5. The Balaban J connectivity index is 2.87. The van der Waals surface area contributed by atoms with Gasteiger partial charge in [-0.3, -0.25) is 0 Å². The summed E-state index contributed by atoms with van der Waals surface area (Å²) < 4.78 is 45.8. The molecule has 3 nitrogen and oxygen atoms in total. The standard InChI is InChI=1S/C13H13F3O3/c1-18-9-19-12(10-5-3-2-4-6-10)11(17)7-8-13(14,15)16/h2-6,11-12,17H,9H2,1H3/t11-,12+/m0/s1. The number of halogens is 3. The van der Waals surface area contributed by atoms with Gasteiger partial charge in [0.05, 0.1) is 0 Å². The monoisotopic (exact) mass is 274 g/mol. The van der Waals surface area contributed by atoms with Crippen molar-refractivity contribution < 1.29 is 27.8 Å². The summed E-state index contributed by atoms with van der Waals surface area (Å²) in [4.78, 5) is 0. The molecule has 0 aliphatic rings. The van der Waals surface area contributed by atoms with E-state index in [2.05, 4.69) is 4.74 Å². The van der Waals surface area contributed by atoms with Crippen LogP contribution in [0.4, 0.5) is 13.2 Å². The molecular weight excluding hydrogens is 261 g/mol. The molecule has 0 saturated carbocycles. The first-order valence-corrected chi connectivity index (χ1v) is 5.37. The maximum absolute atomic E-state index is 12.0. The van der Waals surface area contributed by atoms with Gasteiger partial charge in [0, 0.05) is 13.0 Å². The van der Waals surface area contributed by atoms with Gasteiger partial charge in [-0.05, 0) is 5.56 Å². The lowest BCUT2D eigenvalue weighted by atomic mass is 10.0. The van der Waals surface area contributed by atoms with Crippen LogP contribution in [0.25, 0.3) is 0 Å². The second-order valence-electron chi connectivity index (χ2n) is 3.62. The summed E-state index contributed by atoms with van der Waals surface area (Å²) in [5.41, 5.74) is 0.517. The van der Waals surface area contributed by atoms with Crippen LogP contribution in [0.2, 0.25) is 0 Å². The fourth-order valence-corrected chi connectivity index (χ4v) is 1.39. The van der Waals surface area contributed by atoms with Gasteiger partial charge in [-0.15, -0.1) is 0 Å². The molecule has 0 aromatic heterocycles. The molecule has 6 heteroatoms. The molecule has 1 rings (SSSR count). The number of alkyl halides is 3. The highest BCUT2D eigenvalue weighted by atomic mass is 19.4. The normalized spacial score (nSPS) is 14.4. The summed E-state index contributed by atoms with van der Waals surface area (Å²) in [7, 11) is 1.37. The maximum atomic E-state index is 12.0. The molecule has 104 valence electrons. The van der Waals surface area contributed by atoms with Crippen molar-refractivity contribution in [1.29, 1.82) is 0 Å². The Bertz CT molecular complexity index is 434. The number of aliphatic hydroxyl groups is 1. The highest BCUT2D eigenvalue weighted by Gasteiger charge is 2.25. The van der Waals surface area contributed by atoms with Crippen LogP contribution in [0.3, 0.4) is 0 Å². The first-order chi connectivity index (χ1) is 8.94. The summed E-state index contributed by atoms with van der Waals surface area (Å²) >= 11 is 0. The van der Waals surface area contributed by atoms with Crippen molar-refractivity contribution in [3.8, 4) is 11.8 Å². The minimum atomic E-state index is -4.65. The number of methoxy groups -OCH3 is 1. The molecule has 19 heavy (non-hydrogen) atoms. The smallest absolute Gasteiger partial charge is 0.377 e. The van der Waals surface area contributed by atoms with Crippen LogP contribution in [0.1, 0.15) is 11.7 Å². The van der Waals surface area contributed by atoms with Crippen LogP contribution in [0, 0.1) is 11.8 Å². The third-order valence-corrected chi connectivity index (χ3v) is 2.14. The van der Waals surface area contributed by atoms with Crippen LogP contribution in [-0.4, -0.2) is 31.3 Å². The lowest BCUT2D eigenvalue weighted by Crippen LogP contribution is -2.21. The molecule has 0 unspecified atom stereocenters. The van der Waals surface area contributed by atoms with E-state index in [1.54, 1.807) is 36.3 Å². The molecule has 0 amide bonds. The zero-order valence-electron chi connectivity index (χ0n) is 10.1. The Morgan fingerprint density at radius 2 is 1.89 bits per heavy atom. The van der Waals surface area contributed by atoms with Crippen molar-refractivity contribution in [2.24, 2.45) is 0 Å². The SMILES string of the molecule is COCO[C@H](c1ccccc1)[C@@H](O)C#CC(F)(F)F. The average Bonchev–Trinajstić information content (AvgIpc) is 2.37. The van der Waals surface area contributed by atoms with E-state index in [0.717, 1.165) is 5.92 Å². The number of aliphatic hydroxyl groups excluding tert-OH is 1. The topological polar surface area (TPSA) is 38.7 Å². The van der Waals surface area contributed by atoms with Crippen molar-refractivity contribution in [2.75, 3.05) is 13.9 Å². The molecule has 0 spiro atoms. The van der Waals surface area contributed by atoms with Gasteiger partial charge in [-0.1, -0.05) is 36.3 Å². The molecule has 0 radical (unpaired) electrons. The van der Waals surface area contributed by atoms with Crippen LogP contribution >= 0.6 is 0 Å². The molecule has 0 saturated heterocycles. The Morgan fingerprint density at radius 1 is 1.26 bits per heavy atom. The van der Waals surface area contributed by atoms with Crippen molar-refractivity contribution in [3.05, 3.63) is 35.9 Å². The van der Waals surface area contributed by atoms with E-state index in [1.807, 2.05) is 0 Å². The van der Waals surface area contributed by atoms with E-state index in [0.29, 0.717) is 5.56 Å². The maximum Gasteiger partial charge on any atom is 0.457 e. The molecule has 0 heterocycles. The average molecular weight is 274 g/mol. The number of hydrogen-bond donors (Lipinski definition) is 1. The van der Waals surface area contributed by atoms with Crippen LogP contribution < -0.4 is 0 Å². The van der Waals surface area contributed by atoms with Gasteiger partial charge in [0.2, 0.25) is 0 Å². The molecule has 0 aliphatic heterocycles. The lowest BCUT2D eigenvalue weighted by Gasteiger charge is -2.19. The third kappa shape index (κ3) is 5.75. The van der Waals surface area contributed by atoms with E-state index in [4.69, 9.17) is 4.74 Å². The Labute approximate surface area is 109 Å². The van der Waals surface area contributed by atoms with Crippen LogP contribution in [0.5, 0.6) is 0 Å². The summed E-state index contributed by atoms with van der Waals surface area (Å²) in [6.45, 7) is -0.162. The Hall–Kier alpha value is -1.55. The molecular formula is C13H13F3O3. The van der Waals surface area contributed by atoms with Gasteiger partial charge in [0.25, 0.3) is 0 Å². The zero-order valence-corrected chi connectivity index (χ0v) is 10.1. The molecule has 0 bridgehead atoms. The summed E-state index contributed by atoms with van der Waals surface area (Å²) in [6.07, 6.45) is -7.25. The molecule has 0 aliphatic carbocycles. The van der Waals surface area contributed by atoms with Crippen LogP contribution in [0.15, 0.2) is 30.3 Å². The summed E-state index contributed by atoms with van der Waals surface area (Å²) in [5.74, 6) is 2.76. The Morgan fingerprint density at radius 3 is 2.42 bits per heavy atom. The van der Waals surface area contributed by atoms with E-state index in [1.165, 1.54) is 7.11 Å². The van der Waals surface area contributed by atoms with Gasteiger partial charge < -0.3 is 14.6 Å². The predicted octanol–water partition coefficient (Wildman–Crippen LogP) is 2.27. The second-order valence-corrected chi connectivity index (χ2v) is 3.62. The quantitative estimate of drug-likeness (QED) is 0.661.